The van der Waals surface area contributed by atoms with E-state index >= 15 is 0 Å². The molecule has 0 saturated heterocycles. The maximum atomic E-state index is 2.27. The summed E-state index contributed by atoms with van der Waals surface area (Å²) in [6.45, 7) is 8.93. The zero-order valence-corrected chi connectivity index (χ0v) is 6.49. The summed E-state index contributed by atoms with van der Waals surface area (Å²) >= 11 is 0. The first-order valence-corrected chi connectivity index (χ1v) is 3.42. The fraction of sp³-hybridized carbons (Fsp3) is 0.875. The van der Waals surface area contributed by atoms with Crippen molar-refractivity contribution in [3.63, 3.8) is 0 Å². The molecule has 0 N–H and O–H groups in total. The third kappa shape index (κ3) is 6.00. The van der Waals surface area contributed by atoms with Crippen molar-refractivity contribution < 1.29 is 0 Å². The molecular weight excluding hydrogens is 96.1 g/mol. The van der Waals surface area contributed by atoms with Crippen LogP contribution in [0.3, 0.4) is 0 Å². The van der Waals surface area contributed by atoms with E-state index < -0.39 is 0 Å². The summed E-state index contributed by atoms with van der Waals surface area (Å²) in [5.74, 6) is 2.42. The van der Waals surface area contributed by atoms with Crippen LogP contribution in [0.5, 0.6) is 0 Å². The van der Waals surface area contributed by atoms with Crippen molar-refractivity contribution in [1.29, 1.82) is 0 Å². The number of hydrogen-bond donors (Lipinski definition) is 0. The van der Waals surface area contributed by atoms with Crippen LogP contribution in [0.2, 0.25) is 0 Å². The second kappa shape index (κ2) is 3.94. The molecule has 0 bridgehead atoms. The van der Waals surface area contributed by atoms with Gasteiger partial charge in [-0.3, -0.25) is 0 Å². The smallest absolute Gasteiger partial charge is 0.0303 e. The Hall–Kier alpha value is 0. The van der Waals surface area contributed by atoms with Gasteiger partial charge in [-0.25, -0.2) is 0 Å². The molecule has 0 aromatic rings. The molecule has 0 aliphatic heterocycles. The molecule has 0 rings (SSSR count). The zero-order valence-electron chi connectivity index (χ0n) is 6.49. The molecule has 0 saturated carbocycles. The standard InChI is InChI=1S/C8H17/c1-7(2)5-6-8(3)4/h7H,5-6H2,1-4H3. The van der Waals surface area contributed by atoms with Gasteiger partial charge in [0.1, 0.15) is 0 Å². The van der Waals surface area contributed by atoms with Crippen LogP contribution < -0.4 is 0 Å². The van der Waals surface area contributed by atoms with E-state index in [1.807, 2.05) is 0 Å². The van der Waals surface area contributed by atoms with Gasteiger partial charge in [-0.2, -0.15) is 0 Å². The molecule has 0 heteroatoms. The highest BCUT2D eigenvalue weighted by Crippen LogP contribution is 2.11. The number of hydrogen-bond acceptors (Lipinski definition) is 0. The first-order chi connectivity index (χ1) is 3.63. The van der Waals surface area contributed by atoms with Gasteiger partial charge in [0.15, 0.2) is 0 Å². The lowest BCUT2D eigenvalue weighted by Gasteiger charge is -2.05. The van der Waals surface area contributed by atoms with Gasteiger partial charge in [0.05, 0.1) is 0 Å². The molecule has 0 aliphatic carbocycles. The predicted octanol–water partition coefficient (Wildman–Crippen LogP) is 3.04. The molecule has 0 aromatic carbocycles. The van der Waals surface area contributed by atoms with Gasteiger partial charge in [0.25, 0.3) is 0 Å². The largest absolute Gasteiger partial charge is 0.0628 e. The van der Waals surface area contributed by atoms with Crippen LogP contribution in [-0.4, -0.2) is 0 Å². The van der Waals surface area contributed by atoms with E-state index in [1.54, 1.807) is 5.92 Å². The molecule has 0 atom stereocenters. The molecule has 1 radical (unpaired) electrons. The van der Waals surface area contributed by atoms with Gasteiger partial charge in [-0.15, -0.1) is 0 Å². The van der Waals surface area contributed by atoms with Gasteiger partial charge in [0, 0.05) is 0 Å². The van der Waals surface area contributed by atoms with Crippen molar-refractivity contribution >= 4 is 0 Å². The van der Waals surface area contributed by atoms with Gasteiger partial charge in [-0.1, -0.05) is 34.1 Å². The molecule has 0 aliphatic rings. The normalized spacial score (nSPS) is 11.2. The van der Waals surface area contributed by atoms with Crippen LogP contribution in [0.1, 0.15) is 40.5 Å². The Morgan fingerprint density at radius 1 is 1.25 bits per heavy atom. The minimum absolute atomic E-state index is 0.866. The Morgan fingerprint density at radius 2 is 1.75 bits per heavy atom. The minimum Gasteiger partial charge on any atom is -0.0628 e. The lowest BCUT2D eigenvalue weighted by molar-refractivity contribution is 0.564. The molecule has 0 amide bonds. The van der Waals surface area contributed by atoms with Crippen molar-refractivity contribution in [3.05, 3.63) is 5.92 Å². The monoisotopic (exact) mass is 113 g/mol. The quantitative estimate of drug-likeness (QED) is 0.527. The van der Waals surface area contributed by atoms with Gasteiger partial charge < -0.3 is 0 Å². The fourth-order valence-electron chi connectivity index (χ4n) is 0.577. The van der Waals surface area contributed by atoms with Crippen molar-refractivity contribution in [3.8, 4) is 0 Å². The van der Waals surface area contributed by atoms with Gasteiger partial charge in [-0.05, 0) is 18.3 Å². The highest BCUT2D eigenvalue weighted by atomic mass is 14.0. The lowest BCUT2D eigenvalue weighted by Crippen LogP contribution is -1.90. The van der Waals surface area contributed by atoms with E-state index in [0.29, 0.717) is 0 Å². The van der Waals surface area contributed by atoms with E-state index in [1.165, 1.54) is 12.8 Å². The van der Waals surface area contributed by atoms with E-state index in [0.717, 1.165) is 5.92 Å². The first-order valence-electron chi connectivity index (χ1n) is 3.42. The Kier molecular flexibility index (Phi) is 3.94. The molecule has 0 nitrogen and oxygen atoms in total. The highest BCUT2D eigenvalue weighted by Gasteiger charge is 1.96. The summed E-state index contributed by atoms with van der Waals surface area (Å²) in [5, 5.41) is 0. The Bertz CT molecular complexity index is 36.0. The Balaban J connectivity index is 2.93. The zero-order chi connectivity index (χ0) is 6.57. The molecule has 8 heavy (non-hydrogen) atoms. The summed E-state index contributed by atoms with van der Waals surface area (Å²) in [6.07, 6.45) is 2.65. The van der Waals surface area contributed by atoms with Crippen molar-refractivity contribution in [2.24, 2.45) is 5.92 Å². The third-order valence-electron chi connectivity index (χ3n) is 1.22. The van der Waals surface area contributed by atoms with Crippen LogP contribution in [0.25, 0.3) is 0 Å². The average molecular weight is 113 g/mol. The molecular formula is C8H17. The Morgan fingerprint density at radius 3 is 1.88 bits per heavy atom. The molecule has 0 fully saturated rings. The van der Waals surface area contributed by atoms with E-state index in [2.05, 4.69) is 27.7 Å². The molecule has 0 spiro atoms. The summed E-state index contributed by atoms with van der Waals surface area (Å²) in [6, 6.07) is 0. The van der Waals surface area contributed by atoms with Crippen LogP contribution in [0.15, 0.2) is 0 Å². The van der Waals surface area contributed by atoms with Crippen LogP contribution in [0.4, 0.5) is 0 Å². The summed E-state index contributed by atoms with van der Waals surface area (Å²) < 4.78 is 0. The van der Waals surface area contributed by atoms with Gasteiger partial charge >= 0.3 is 0 Å². The maximum Gasteiger partial charge on any atom is -0.0303 e. The van der Waals surface area contributed by atoms with E-state index in [9.17, 15) is 0 Å². The predicted molar refractivity (Wildman–Crippen MR) is 38.7 cm³/mol. The second-order valence-corrected chi connectivity index (χ2v) is 3.14. The fourth-order valence-corrected chi connectivity index (χ4v) is 0.577. The first kappa shape index (κ1) is 8.00. The van der Waals surface area contributed by atoms with E-state index in [-0.39, 0.29) is 0 Å². The second-order valence-electron chi connectivity index (χ2n) is 3.14. The maximum absolute atomic E-state index is 2.27. The minimum atomic E-state index is 0.866. The SMILES string of the molecule is C[C](C)CCC(C)C. The summed E-state index contributed by atoms with van der Waals surface area (Å²) in [7, 11) is 0. The number of rotatable bonds is 3. The molecule has 0 aromatic heterocycles. The van der Waals surface area contributed by atoms with Crippen LogP contribution in [-0.2, 0) is 0 Å². The molecule has 0 unspecified atom stereocenters. The van der Waals surface area contributed by atoms with Gasteiger partial charge in [0.2, 0.25) is 0 Å². The van der Waals surface area contributed by atoms with Crippen molar-refractivity contribution in [1.82, 2.24) is 0 Å². The topological polar surface area (TPSA) is 0 Å². The average Bonchev–Trinajstić information content (AvgIpc) is 1.61. The summed E-state index contributed by atoms with van der Waals surface area (Å²) in [5.41, 5.74) is 0. The Labute approximate surface area is 53.3 Å². The molecule has 49 valence electrons. The summed E-state index contributed by atoms with van der Waals surface area (Å²) in [4.78, 5) is 0. The lowest BCUT2D eigenvalue weighted by atomic mass is 10.0. The van der Waals surface area contributed by atoms with Crippen LogP contribution in [0, 0.1) is 11.8 Å². The van der Waals surface area contributed by atoms with Crippen molar-refractivity contribution in [2.75, 3.05) is 0 Å². The van der Waals surface area contributed by atoms with Crippen molar-refractivity contribution in [2.45, 2.75) is 40.5 Å². The third-order valence-corrected chi connectivity index (χ3v) is 1.22. The van der Waals surface area contributed by atoms with Crippen LogP contribution >= 0.6 is 0 Å². The molecule has 0 heterocycles. The van der Waals surface area contributed by atoms with E-state index in [4.69, 9.17) is 0 Å². The highest BCUT2D eigenvalue weighted by molar-refractivity contribution is 4.76.